The van der Waals surface area contributed by atoms with Crippen molar-refractivity contribution in [2.75, 3.05) is 18.5 Å². The van der Waals surface area contributed by atoms with Gasteiger partial charge in [-0.15, -0.1) is 10.2 Å². The van der Waals surface area contributed by atoms with E-state index in [0.29, 0.717) is 23.1 Å². The summed E-state index contributed by atoms with van der Waals surface area (Å²) in [5.74, 6) is 0.857. The summed E-state index contributed by atoms with van der Waals surface area (Å²) >= 11 is 3.24. The minimum atomic E-state index is -0.275. The molecule has 108 valence electrons. The summed E-state index contributed by atoms with van der Waals surface area (Å²) in [6.07, 6.45) is 3.88. The van der Waals surface area contributed by atoms with Crippen molar-refractivity contribution in [2.24, 2.45) is 7.05 Å². The first-order chi connectivity index (χ1) is 9.63. The minimum Gasteiger partial charge on any atom is -0.394 e. The number of aromatic nitrogens is 5. The third-order valence-electron chi connectivity index (χ3n) is 2.77. The van der Waals surface area contributed by atoms with E-state index in [1.54, 1.807) is 12.5 Å². The van der Waals surface area contributed by atoms with Gasteiger partial charge in [0, 0.05) is 20.0 Å². The molecule has 0 fully saturated rings. The fourth-order valence-corrected chi connectivity index (χ4v) is 2.13. The van der Waals surface area contributed by atoms with Gasteiger partial charge in [0.2, 0.25) is 0 Å². The van der Waals surface area contributed by atoms with E-state index in [4.69, 9.17) is 5.11 Å². The van der Waals surface area contributed by atoms with E-state index in [1.807, 2.05) is 11.6 Å². The molecule has 2 N–H and O–H groups in total. The Morgan fingerprint density at radius 3 is 2.95 bits per heavy atom. The fourth-order valence-electron chi connectivity index (χ4n) is 1.68. The van der Waals surface area contributed by atoms with Crippen LogP contribution in [-0.2, 0) is 20.0 Å². The van der Waals surface area contributed by atoms with Gasteiger partial charge in [-0.2, -0.15) is 5.10 Å². The number of aliphatic hydroxyl groups excluding tert-OH is 1. The summed E-state index contributed by atoms with van der Waals surface area (Å²) in [5, 5.41) is 23.7. The lowest BCUT2D eigenvalue weighted by Gasteiger charge is -2.09. The Bertz CT molecular complexity index is 638. The molecule has 9 heteroatoms. The summed E-state index contributed by atoms with van der Waals surface area (Å²) < 4.78 is 3.45. The number of hydrogen-bond acceptors (Lipinski definition) is 6. The number of rotatable bonds is 6. The Balaban J connectivity index is 2.02. The Morgan fingerprint density at radius 1 is 1.50 bits per heavy atom. The number of nitrogens with one attached hydrogen (secondary N) is 1. The van der Waals surface area contributed by atoms with Gasteiger partial charge in [-0.05, 0) is 15.9 Å². The molecule has 0 aliphatic carbocycles. The Hall–Kier alpha value is -1.74. The second kappa shape index (κ2) is 6.62. The Labute approximate surface area is 123 Å². The van der Waals surface area contributed by atoms with Crippen molar-refractivity contribution in [1.29, 1.82) is 0 Å². The normalized spacial score (nSPS) is 10.8. The predicted molar refractivity (Wildman–Crippen MR) is 76.5 cm³/mol. The van der Waals surface area contributed by atoms with Crippen molar-refractivity contribution >= 4 is 21.6 Å². The molecule has 2 aromatic rings. The van der Waals surface area contributed by atoms with E-state index < -0.39 is 0 Å². The quantitative estimate of drug-likeness (QED) is 0.753. The summed E-state index contributed by atoms with van der Waals surface area (Å²) in [4.78, 5) is 11.9. The highest BCUT2D eigenvalue weighted by atomic mass is 79.9. The molecule has 2 aromatic heterocycles. The van der Waals surface area contributed by atoms with Crippen LogP contribution in [0, 0.1) is 0 Å². The van der Waals surface area contributed by atoms with E-state index in [1.165, 1.54) is 4.68 Å². The molecule has 0 aliphatic rings. The van der Waals surface area contributed by atoms with Gasteiger partial charge in [0.1, 0.15) is 16.6 Å². The van der Waals surface area contributed by atoms with Crippen LogP contribution in [0.1, 0.15) is 5.82 Å². The van der Waals surface area contributed by atoms with Crippen molar-refractivity contribution in [2.45, 2.75) is 13.0 Å². The zero-order valence-corrected chi connectivity index (χ0v) is 12.5. The SMILES string of the molecule is Cn1cnnc1CCNc1cnn(CCO)c(=O)c1Br. The van der Waals surface area contributed by atoms with Gasteiger partial charge >= 0.3 is 0 Å². The molecule has 2 heterocycles. The molecule has 0 bridgehead atoms. The zero-order chi connectivity index (χ0) is 14.5. The number of aliphatic hydroxyl groups is 1. The van der Waals surface area contributed by atoms with Crippen molar-refractivity contribution in [3.8, 4) is 0 Å². The Kier molecular flexibility index (Phi) is 4.85. The van der Waals surface area contributed by atoms with Crippen molar-refractivity contribution in [3.05, 3.63) is 33.2 Å². The lowest BCUT2D eigenvalue weighted by Crippen LogP contribution is -2.26. The van der Waals surface area contributed by atoms with Crippen LogP contribution < -0.4 is 10.9 Å². The Morgan fingerprint density at radius 2 is 2.30 bits per heavy atom. The first-order valence-electron chi connectivity index (χ1n) is 6.06. The smallest absolute Gasteiger partial charge is 0.283 e. The second-order valence-electron chi connectivity index (χ2n) is 4.16. The third-order valence-corrected chi connectivity index (χ3v) is 3.53. The van der Waals surface area contributed by atoms with E-state index in [9.17, 15) is 4.79 Å². The van der Waals surface area contributed by atoms with Gasteiger partial charge in [-0.25, -0.2) is 4.68 Å². The number of hydrogen-bond donors (Lipinski definition) is 2. The topological polar surface area (TPSA) is 97.9 Å². The van der Waals surface area contributed by atoms with Crippen LogP contribution in [0.2, 0.25) is 0 Å². The molecule has 2 rings (SSSR count). The van der Waals surface area contributed by atoms with Gasteiger partial charge in [0.25, 0.3) is 5.56 Å². The van der Waals surface area contributed by atoms with Crippen LogP contribution in [0.25, 0.3) is 0 Å². The lowest BCUT2D eigenvalue weighted by molar-refractivity contribution is 0.266. The molecule has 0 atom stereocenters. The predicted octanol–water partition coefficient (Wildman–Crippen LogP) is -0.219. The van der Waals surface area contributed by atoms with E-state index >= 15 is 0 Å². The molecule has 0 spiro atoms. The molecule has 0 saturated heterocycles. The highest BCUT2D eigenvalue weighted by molar-refractivity contribution is 9.10. The highest BCUT2D eigenvalue weighted by Gasteiger charge is 2.08. The summed E-state index contributed by atoms with van der Waals surface area (Å²) in [6.45, 7) is 0.658. The molecule has 8 nitrogen and oxygen atoms in total. The summed E-state index contributed by atoms with van der Waals surface area (Å²) in [7, 11) is 1.88. The highest BCUT2D eigenvalue weighted by Crippen LogP contribution is 2.15. The van der Waals surface area contributed by atoms with Gasteiger partial charge in [-0.1, -0.05) is 0 Å². The molecule has 0 amide bonds. The average Bonchev–Trinajstić information content (AvgIpc) is 2.84. The monoisotopic (exact) mass is 342 g/mol. The zero-order valence-electron chi connectivity index (χ0n) is 11.0. The molecular formula is C11H15BrN6O2. The molecule has 0 saturated carbocycles. The summed E-state index contributed by atoms with van der Waals surface area (Å²) in [5.41, 5.74) is 0.342. The fraction of sp³-hybridized carbons (Fsp3) is 0.455. The van der Waals surface area contributed by atoms with Crippen molar-refractivity contribution in [3.63, 3.8) is 0 Å². The molecular weight excluding hydrogens is 328 g/mol. The van der Waals surface area contributed by atoms with Gasteiger partial charge in [0.15, 0.2) is 0 Å². The first kappa shape index (κ1) is 14.7. The summed E-state index contributed by atoms with van der Waals surface area (Å²) in [6, 6.07) is 0. The van der Waals surface area contributed by atoms with Gasteiger partial charge in [-0.3, -0.25) is 4.79 Å². The maximum absolute atomic E-state index is 11.9. The van der Waals surface area contributed by atoms with E-state index in [2.05, 4.69) is 36.5 Å². The van der Waals surface area contributed by atoms with E-state index in [0.717, 1.165) is 5.82 Å². The largest absolute Gasteiger partial charge is 0.394 e. The van der Waals surface area contributed by atoms with Crippen LogP contribution in [0.15, 0.2) is 21.8 Å². The third kappa shape index (κ3) is 3.23. The molecule has 0 radical (unpaired) electrons. The van der Waals surface area contributed by atoms with Gasteiger partial charge in [0.05, 0.1) is 25.0 Å². The molecule has 20 heavy (non-hydrogen) atoms. The first-order valence-corrected chi connectivity index (χ1v) is 6.86. The van der Waals surface area contributed by atoms with Crippen molar-refractivity contribution in [1.82, 2.24) is 24.5 Å². The standard InChI is InChI=1S/C11H15BrN6O2/c1-17-7-14-16-9(17)2-3-13-8-6-15-18(4-5-19)11(20)10(8)12/h6-7,13,19H,2-5H2,1H3. The number of aryl methyl sites for hydroxylation is 1. The van der Waals surface area contributed by atoms with Crippen molar-refractivity contribution < 1.29 is 5.11 Å². The maximum atomic E-state index is 11.9. The van der Waals surface area contributed by atoms with Crippen LogP contribution in [0.5, 0.6) is 0 Å². The molecule has 0 unspecified atom stereocenters. The maximum Gasteiger partial charge on any atom is 0.283 e. The number of anilines is 1. The van der Waals surface area contributed by atoms with Crippen LogP contribution in [0.3, 0.4) is 0 Å². The molecule has 0 aromatic carbocycles. The molecule has 0 aliphatic heterocycles. The average molecular weight is 343 g/mol. The second-order valence-corrected chi connectivity index (χ2v) is 4.95. The minimum absolute atomic E-state index is 0.127. The van der Waals surface area contributed by atoms with E-state index in [-0.39, 0.29) is 18.7 Å². The number of halogens is 1. The van der Waals surface area contributed by atoms with Crippen LogP contribution in [-0.4, -0.2) is 42.8 Å². The number of nitrogens with zero attached hydrogens (tertiary/aromatic N) is 5. The van der Waals surface area contributed by atoms with Crippen LogP contribution >= 0.6 is 15.9 Å². The van der Waals surface area contributed by atoms with Gasteiger partial charge < -0.3 is 15.0 Å². The lowest BCUT2D eigenvalue weighted by atomic mass is 10.3. The van der Waals surface area contributed by atoms with Crippen LogP contribution in [0.4, 0.5) is 5.69 Å².